The van der Waals surface area contributed by atoms with E-state index in [2.05, 4.69) is 11.8 Å². The molecule has 0 aromatic carbocycles. The van der Waals surface area contributed by atoms with Crippen molar-refractivity contribution < 1.29 is 19.4 Å². The lowest BCUT2D eigenvalue weighted by molar-refractivity contribution is -0.143. The van der Waals surface area contributed by atoms with Crippen molar-refractivity contribution in [2.75, 3.05) is 26.8 Å². The molecule has 0 saturated carbocycles. The van der Waals surface area contributed by atoms with E-state index in [4.69, 9.17) is 9.84 Å². The lowest BCUT2D eigenvalue weighted by Crippen LogP contribution is -2.28. The van der Waals surface area contributed by atoms with Crippen LogP contribution in [0.3, 0.4) is 0 Å². The fraction of sp³-hybridized carbons (Fsp3) is 0.467. The van der Waals surface area contributed by atoms with E-state index in [1.54, 1.807) is 26.1 Å². The fourth-order valence-corrected chi connectivity index (χ4v) is 2.38. The van der Waals surface area contributed by atoms with Gasteiger partial charge in [-0.05, 0) is 19.1 Å². The number of amides is 1. The largest absolute Gasteiger partial charge is 0.466 e. The zero-order valence-corrected chi connectivity index (χ0v) is 13.0. The number of carbonyl (C=O) groups excluding carboxylic acids is 2. The van der Waals surface area contributed by atoms with E-state index >= 15 is 0 Å². The molecule has 0 radical (unpaired) electrons. The molecule has 1 rings (SSSR count). The van der Waals surface area contributed by atoms with Gasteiger partial charge in [-0.1, -0.05) is 11.8 Å². The molecule has 1 aromatic rings. The Balaban J connectivity index is 2.55. The Bertz CT molecular complexity index is 541. The standard InChI is InChI=1S/C15H19NO4S/c1-3-20-14(18)9-10-16(2)15(19)13-8-7-12(21-13)6-4-5-11-17/h7-8,17H,3,5,9-11H2,1-2H3. The number of esters is 1. The first-order chi connectivity index (χ1) is 10.1. The molecule has 6 heteroatoms. The van der Waals surface area contributed by atoms with Gasteiger partial charge < -0.3 is 14.7 Å². The van der Waals surface area contributed by atoms with Crippen LogP contribution in [0.2, 0.25) is 0 Å². The molecule has 0 aliphatic heterocycles. The van der Waals surface area contributed by atoms with E-state index in [-0.39, 0.29) is 24.9 Å². The number of nitrogens with zero attached hydrogens (tertiary/aromatic N) is 1. The number of hydrogen-bond acceptors (Lipinski definition) is 5. The second-order valence-electron chi connectivity index (χ2n) is 4.22. The Kier molecular flexibility index (Phi) is 7.51. The number of hydrogen-bond donors (Lipinski definition) is 1. The average Bonchev–Trinajstić information content (AvgIpc) is 2.93. The first kappa shape index (κ1) is 17.2. The van der Waals surface area contributed by atoms with E-state index < -0.39 is 0 Å². The van der Waals surface area contributed by atoms with Crippen LogP contribution >= 0.6 is 11.3 Å². The van der Waals surface area contributed by atoms with Gasteiger partial charge in [-0.3, -0.25) is 9.59 Å². The summed E-state index contributed by atoms with van der Waals surface area (Å²) in [6, 6.07) is 3.50. The average molecular weight is 309 g/mol. The number of rotatable bonds is 6. The summed E-state index contributed by atoms with van der Waals surface area (Å²) in [4.78, 5) is 26.3. The van der Waals surface area contributed by atoms with Gasteiger partial charge in [0.25, 0.3) is 5.91 Å². The Labute approximate surface area is 128 Å². The van der Waals surface area contributed by atoms with Gasteiger partial charge in [0.05, 0.1) is 29.4 Å². The lowest BCUT2D eigenvalue weighted by Gasteiger charge is -2.15. The maximum absolute atomic E-state index is 12.2. The molecule has 0 spiro atoms. The summed E-state index contributed by atoms with van der Waals surface area (Å²) in [6.07, 6.45) is 0.602. The van der Waals surface area contributed by atoms with Gasteiger partial charge in [0.2, 0.25) is 0 Å². The fourth-order valence-electron chi connectivity index (χ4n) is 1.51. The molecule has 0 aliphatic rings. The number of thiophene rings is 1. The third-order valence-electron chi connectivity index (χ3n) is 2.57. The van der Waals surface area contributed by atoms with Gasteiger partial charge in [0.15, 0.2) is 0 Å². The third kappa shape index (κ3) is 5.98. The third-order valence-corrected chi connectivity index (χ3v) is 3.56. The quantitative estimate of drug-likeness (QED) is 0.639. The van der Waals surface area contributed by atoms with Gasteiger partial charge >= 0.3 is 5.97 Å². The number of carbonyl (C=O) groups is 2. The van der Waals surface area contributed by atoms with E-state index in [0.717, 1.165) is 4.88 Å². The van der Waals surface area contributed by atoms with Gasteiger partial charge in [-0.2, -0.15) is 0 Å². The minimum atomic E-state index is -0.307. The van der Waals surface area contributed by atoms with Crippen molar-refractivity contribution in [3.63, 3.8) is 0 Å². The smallest absolute Gasteiger partial charge is 0.307 e. The molecule has 0 unspecified atom stereocenters. The second kappa shape index (κ2) is 9.16. The second-order valence-corrected chi connectivity index (χ2v) is 5.30. The van der Waals surface area contributed by atoms with Crippen LogP contribution in [0.5, 0.6) is 0 Å². The normalized spacial score (nSPS) is 9.67. The van der Waals surface area contributed by atoms with E-state index in [1.807, 2.05) is 0 Å². The van der Waals surface area contributed by atoms with Crippen molar-refractivity contribution in [1.82, 2.24) is 4.90 Å². The van der Waals surface area contributed by atoms with Crippen LogP contribution in [0, 0.1) is 11.8 Å². The summed E-state index contributed by atoms with van der Waals surface area (Å²) >= 11 is 1.30. The highest BCUT2D eigenvalue weighted by atomic mass is 32.1. The SMILES string of the molecule is CCOC(=O)CCN(C)C(=O)c1ccc(C#CCCO)s1. The van der Waals surface area contributed by atoms with E-state index in [9.17, 15) is 9.59 Å². The predicted molar refractivity (Wildman–Crippen MR) is 81.1 cm³/mol. The number of aliphatic hydroxyl groups excluding tert-OH is 1. The van der Waals surface area contributed by atoms with Crippen molar-refractivity contribution in [1.29, 1.82) is 0 Å². The molecule has 1 amide bonds. The van der Waals surface area contributed by atoms with Crippen molar-refractivity contribution >= 4 is 23.2 Å². The molecular weight excluding hydrogens is 290 g/mol. The lowest BCUT2D eigenvalue weighted by atomic mass is 10.3. The first-order valence-electron chi connectivity index (χ1n) is 6.69. The summed E-state index contributed by atoms with van der Waals surface area (Å²) in [5.41, 5.74) is 0. The van der Waals surface area contributed by atoms with Gasteiger partial charge in [-0.15, -0.1) is 11.3 Å². The Hall–Kier alpha value is -1.84. The molecular formula is C15H19NO4S. The summed E-state index contributed by atoms with van der Waals surface area (Å²) in [5, 5.41) is 8.65. The van der Waals surface area contributed by atoms with E-state index in [0.29, 0.717) is 24.4 Å². The Morgan fingerprint density at radius 3 is 2.86 bits per heavy atom. The molecule has 21 heavy (non-hydrogen) atoms. The Morgan fingerprint density at radius 1 is 1.43 bits per heavy atom. The molecule has 1 heterocycles. The minimum Gasteiger partial charge on any atom is -0.466 e. The van der Waals surface area contributed by atoms with Crippen LogP contribution in [0.25, 0.3) is 0 Å². The molecule has 0 atom stereocenters. The van der Waals surface area contributed by atoms with Crippen LogP contribution in [0.1, 0.15) is 34.3 Å². The van der Waals surface area contributed by atoms with Crippen molar-refractivity contribution in [2.24, 2.45) is 0 Å². The van der Waals surface area contributed by atoms with Crippen LogP contribution in [-0.2, 0) is 9.53 Å². The molecule has 0 fully saturated rings. The summed E-state index contributed by atoms with van der Waals surface area (Å²) in [7, 11) is 1.65. The number of ether oxygens (including phenoxy) is 1. The summed E-state index contributed by atoms with van der Waals surface area (Å²) in [5.74, 6) is 5.26. The van der Waals surface area contributed by atoms with Gasteiger partial charge in [0.1, 0.15) is 0 Å². The minimum absolute atomic E-state index is 0.0285. The molecule has 0 saturated heterocycles. The zero-order valence-electron chi connectivity index (χ0n) is 12.2. The summed E-state index contributed by atoms with van der Waals surface area (Å²) < 4.78 is 4.82. The van der Waals surface area contributed by atoms with Crippen molar-refractivity contribution in [2.45, 2.75) is 19.8 Å². The highest BCUT2D eigenvalue weighted by Crippen LogP contribution is 2.17. The van der Waals surface area contributed by atoms with Crippen molar-refractivity contribution in [3.8, 4) is 11.8 Å². The number of aliphatic hydroxyl groups is 1. The molecule has 1 N–H and O–H groups in total. The van der Waals surface area contributed by atoms with Crippen LogP contribution in [0.15, 0.2) is 12.1 Å². The maximum Gasteiger partial charge on any atom is 0.307 e. The molecule has 0 aliphatic carbocycles. The Morgan fingerprint density at radius 2 is 2.19 bits per heavy atom. The summed E-state index contributed by atoms with van der Waals surface area (Å²) in [6.45, 7) is 2.44. The van der Waals surface area contributed by atoms with Crippen LogP contribution in [-0.4, -0.2) is 48.7 Å². The molecule has 5 nitrogen and oxygen atoms in total. The topological polar surface area (TPSA) is 66.8 Å². The highest BCUT2D eigenvalue weighted by molar-refractivity contribution is 7.14. The van der Waals surface area contributed by atoms with Gasteiger partial charge in [-0.25, -0.2) is 0 Å². The monoisotopic (exact) mass is 309 g/mol. The van der Waals surface area contributed by atoms with Crippen LogP contribution in [0.4, 0.5) is 0 Å². The zero-order chi connectivity index (χ0) is 15.7. The molecule has 114 valence electrons. The predicted octanol–water partition coefficient (Wildman–Crippen LogP) is 1.51. The van der Waals surface area contributed by atoms with E-state index in [1.165, 1.54) is 16.2 Å². The van der Waals surface area contributed by atoms with Crippen LogP contribution < -0.4 is 0 Å². The van der Waals surface area contributed by atoms with Crippen molar-refractivity contribution in [3.05, 3.63) is 21.9 Å². The maximum atomic E-state index is 12.2. The first-order valence-corrected chi connectivity index (χ1v) is 7.50. The molecule has 0 bridgehead atoms. The molecule has 1 aromatic heterocycles. The highest BCUT2D eigenvalue weighted by Gasteiger charge is 2.15. The van der Waals surface area contributed by atoms with Gasteiger partial charge in [0, 0.05) is 20.0 Å².